The van der Waals surface area contributed by atoms with Crippen molar-refractivity contribution in [1.82, 2.24) is 10.2 Å². The zero-order chi connectivity index (χ0) is 15.1. The Labute approximate surface area is 134 Å². The summed E-state index contributed by atoms with van der Waals surface area (Å²) in [7, 11) is 0. The maximum absolute atomic E-state index is 13.0. The summed E-state index contributed by atoms with van der Waals surface area (Å²) in [5, 5.41) is 4.14. The van der Waals surface area contributed by atoms with Crippen LogP contribution in [-0.4, -0.2) is 36.0 Å². The SMILES string of the molecule is O=C(c1ccccc1-c1ccc(Cl)cc1)N1CC2CC1CN2. The number of carbonyl (C=O) groups excluding carboxylic acids is 1. The summed E-state index contributed by atoms with van der Waals surface area (Å²) in [5.74, 6) is 0.138. The number of rotatable bonds is 2. The molecule has 0 spiro atoms. The van der Waals surface area contributed by atoms with Gasteiger partial charge in [-0.2, -0.15) is 0 Å². The molecule has 0 aromatic heterocycles. The minimum absolute atomic E-state index is 0.138. The standard InChI is InChI=1S/C18H17ClN2O/c19-13-7-5-12(6-8-13)16-3-1-2-4-17(16)18(22)21-11-14-9-15(21)10-20-14/h1-8,14-15,20H,9-11H2. The number of nitrogens with one attached hydrogen (secondary N) is 1. The minimum atomic E-state index is 0.138. The van der Waals surface area contributed by atoms with Gasteiger partial charge in [-0.25, -0.2) is 0 Å². The summed E-state index contributed by atoms with van der Waals surface area (Å²) < 4.78 is 0. The molecular formula is C18H17ClN2O. The van der Waals surface area contributed by atoms with Crippen molar-refractivity contribution < 1.29 is 4.79 Å². The topological polar surface area (TPSA) is 32.3 Å². The van der Waals surface area contributed by atoms with Gasteiger partial charge in [-0.1, -0.05) is 41.9 Å². The Kier molecular flexibility index (Phi) is 3.40. The van der Waals surface area contributed by atoms with Crippen molar-refractivity contribution in [3.8, 4) is 11.1 Å². The van der Waals surface area contributed by atoms with Gasteiger partial charge in [-0.05, 0) is 35.7 Å². The molecule has 1 amide bonds. The highest BCUT2D eigenvalue weighted by Crippen LogP contribution is 2.30. The zero-order valence-corrected chi connectivity index (χ0v) is 12.9. The largest absolute Gasteiger partial charge is 0.333 e. The molecule has 2 heterocycles. The van der Waals surface area contributed by atoms with Crippen LogP contribution in [0.5, 0.6) is 0 Å². The van der Waals surface area contributed by atoms with E-state index in [0.717, 1.165) is 36.2 Å². The smallest absolute Gasteiger partial charge is 0.254 e. The first-order chi connectivity index (χ1) is 10.7. The average molecular weight is 313 g/mol. The number of hydrogen-bond acceptors (Lipinski definition) is 2. The second kappa shape index (κ2) is 5.41. The first-order valence-corrected chi connectivity index (χ1v) is 7.99. The summed E-state index contributed by atoms with van der Waals surface area (Å²) in [4.78, 5) is 15.0. The molecule has 2 saturated heterocycles. The third-order valence-corrected chi connectivity index (χ3v) is 4.88. The summed E-state index contributed by atoms with van der Waals surface area (Å²) in [6.45, 7) is 1.73. The maximum atomic E-state index is 13.0. The monoisotopic (exact) mass is 312 g/mol. The van der Waals surface area contributed by atoms with Crippen LogP contribution in [0.1, 0.15) is 16.8 Å². The molecule has 4 heteroatoms. The molecule has 2 atom stereocenters. The Bertz CT molecular complexity index is 713. The number of carbonyl (C=O) groups is 1. The van der Waals surface area contributed by atoms with Crippen LogP contribution in [-0.2, 0) is 0 Å². The lowest BCUT2D eigenvalue weighted by atomic mass is 9.98. The zero-order valence-electron chi connectivity index (χ0n) is 12.1. The predicted molar refractivity (Wildman–Crippen MR) is 88.1 cm³/mol. The summed E-state index contributed by atoms with van der Waals surface area (Å²) in [5.41, 5.74) is 2.77. The fourth-order valence-electron chi connectivity index (χ4n) is 3.52. The molecular weight excluding hydrogens is 296 g/mol. The van der Waals surface area contributed by atoms with Crippen molar-refractivity contribution in [2.45, 2.75) is 18.5 Å². The molecule has 2 bridgehead atoms. The van der Waals surface area contributed by atoms with E-state index in [1.165, 1.54) is 0 Å². The van der Waals surface area contributed by atoms with Crippen molar-refractivity contribution in [2.24, 2.45) is 0 Å². The molecule has 22 heavy (non-hydrogen) atoms. The van der Waals surface area contributed by atoms with Crippen molar-refractivity contribution in [2.75, 3.05) is 13.1 Å². The predicted octanol–water partition coefficient (Wildman–Crippen LogP) is 3.19. The van der Waals surface area contributed by atoms with Gasteiger partial charge in [-0.3, -0.25) is 4.79 Å². The number of likely N-dealkylation sites (tertiary alicyclic amines) is 1. The number of halogens is 1. The van der Waals surface area contributed by atoms with Crippen molar-refractivity contribution in [1.29, 1.82) is 0 Å². The van der Waals surface area contributed by atoms with Crippen LogP contribution in [0, 0.1) is 0 Å². The molecule has 2 aliphatic rings. The van der Waals surface area contributed by atoms with Gasteiger partial charge in [0.1, 0.15) is 0 Å². The molecule has 2 fully saturated rings. The van der Waals surface area contributed by atoms with E-state index in [-0.39, 0.29) is 5.91 Å². The van der Waals surface area contributed by atoms with Gasteiger partial charge in [0.25, 0.3) is 5.91 Å². The molecule has 2 aliphatic heterocycles. The Morgan fingerprint density at radius 3 is 2.59 bits per heavy atom. The first-order valence-electron chi connectivity index (χ1n) is 7.62. The van der Waals surface area contributed by atoms with E-state index in [1.54, 1.807) is 0 Å². The third-order valence-electron chi connectivity index (χ3n) is 4.63. The van der Waals surface area contributed by atoms with Crippen LogP contribution in [0.2, 0.25) is 5.02 Å². The van der Waals surface area contributed by atoms with E-state index in [4.69, 9.17) is 11.6 Å². The number of piperazine rings is 1. The number of hydrogen-bond donors (Lipinski definition) is 1. The van der Waals surface area contributed by atoms with E-state index >= 15 is 0 Å². The quantitative estimate of drug-likeness (QED) is 0.923. The van der Waals surface area contributed by atoms with Gasteiger partial charge in [0, 0.05) is 35.8 Å². The average Bonchev–Trinajstić information content (AvgIpc) is 3.18. The van der Waals surface area contributed by atoms with Crippen LogP contribution in [0.15, 0.2) is 48.5 Å². The van der Waals surface area contributed by atoms with Crippen molar-refractivity contribution in [3.05, 3.63) is 59.1 Å². The van der Waals surface area contributed by atoms with E-state index in [1.807, 2.05) is 53.4 Å². The Balaban J connectivity index is 1.70. The summed E-state index contributed by atoms with van der Waals surface area (Å²) in [6, 6.07) is 16.3. The van der Waals surface area contributed by atoms with Gasteiger partial charge in [0.05, 0.1) is 0 Å². The summed E-state index contributed by atoms with van der Waals surface area (Å²) in [6.07, 6.45) is 1.08. The van der Waals surface area contributed by atoms with E-state index in [9.17, 15) is 4.79 Å². The third kappa shape index (κ3) is 2.31. The Hall–Kier alpha value is -1.84. The lowest BCUT2D eigenvalue weighted by Gasteiger charge is -2.28. The van der Waals surface area contributed by atoms with Crippen molar-refractivity contribution in [3.63, 3.8) is 0 Å². The highest BCUT2D eigenvalue weighted by molar-refractivity contribution is 6.30. The number of benzene rings is 2. The second-order valence-electron chi connectivity index (χ2n) is 6.00. The lowest BCUT2D eigenvalue weighted by molar-refractivity contribution is 0.0717. The molecule has 3 nitrogen and oxygen atoms in total. The van der Waals surface area contributed by atoms with E-state index in [2.05, 4.69) is 5.32 Å². The van der Waals surface area contributed by atoms with Gasteiger partial charge >= 0.3 is 0 Å². The number of nitrogens with zero attached hydrogens (tertiary/aromatic N) is 1. The highest BCUT2D eigenvalue weighted by atomic mass is 35.5. The van der Waals surface area contributed by atoms with Crippen LogP contribution in [0.4, 0.5) is 0 Å². The summed E-state index contributed by atoms with van der Waals surface area (Å²) >= 11 is 5.97. The van der Waals surface area contributed by atoms with E-state index in [0.29, 0.717) is 17.1 Å². The fourth-order valence-corrected chi connectivity index (χ4v) is 3.64. The second-order valence-corrected chi connectivity index (χ2v) is 6.44. The van der Waals surface area contributed by atoms with E-state index < -0.39 is 0 Å². The number of fused-ring (bicyclic) bond motifs is 2. The highest BCUT2D eigenvalue weighted by Gasteiger charge is 2.40. The minimum Gasteiger partial charge on any atom is -0.333 e. The molecule has 0 saturated carbocycles. The van der Waals surface area contributed by atoms with Gasteiger partial charge in [0.15, 0.2) is 0 Å². The van der Waals surface area contributed by atoms with Gasteiger partial charge < -0.3 is 10.2 Å². The number of amides is 1. The van der Waals surface area contributed by atoms with Crippen molar-refractivity contribution >= 4 is 17.5 Å². The van der Waals surface area contributed by atoms with Crippen LogP contribution in [0.3, 0.4) is 0 Å². The van der Waals surface area contributed by atoms with Crippen LogP contribution < -0.4 is 5.32 Å². The van der Waals surface area contributed by atoms with Gasteiger partial charge in [0.2, 0.25) is 0 Å². The molecule has 2 aromatic rings. The molecule has 4 rings (SSSR count). The molecule has 2 aromatic carbocycles. The Morgan fingerprint density at radius 2 is 1.91 bits per heavy atom. The molecule has 0 aliphatic carbocycles. The first kappa shape index (κ1) is 13.8. The fraction of sp³-hybridized carbons (Fsp3) is 0.278. The van der Waals surface area contributed by atoms with Gasteiger partial charge in [-0.15, -0.1) is 0 Å². The van der Waals surface area contributed by atoms with Crippen LogP contribution >= 0.6 is 11.6 Å². The normalized spacial score (nSPS) is 23.0. The maximum Gasteiger partial charge on any atom is 0.254 e. The Morgan fingerprint density at radius 1 is 1.14 bits per heavy atom. The lowest BCUT2D eigenvalue weighted by Crippen LogP contribution is -2.46. The molecule has 112 valence electrons. The molecule has 2 unspecified atom stereocenters. The molecule has 1 N–H and O–H groups in total. The van der Waals surface area contributed by atoms with Crippen LogP contribution in [0.25, 0.3) is 11.1 Å². The molecule has 0 radical (unpaired) electrons.